The van der Waals surface area contributed by atoms with E-state index in [-0.39, 0.29) is 5.91 Å². The van der Waals surface area contributed by atoms with Crippen LogP contribution in [0.3, 0.4) is 0 Å². The van der Waals surface area contributed by atoms with E-state index in [0.717, 1.165) is 12.1 Å². The summed E-state index contributed by atoms with van der Waals surface area (Å²) in [7, 11) is 1.81. The van der Waals surface area contributed by atoms with E-state index in [0.29, 0.717) is 16.8 Å². The number of hydrogen-bond acceptors (Lipinski definition) is 3. The third kappa shape index (κ3) is 2.80. The average Bonchev–Trinajstić information content (AvgIpc) is 2.78. The Hall–Kier alpha value is -2.61. The zero-order valence-corrected chi connectivity index (χ0v) is 10.8. The van der Waals surface area contributed by atoms with Gasteiger partial charge in [-0.3, -0.25) is 9.48 Å². The lowest BCUT2D eigenvalue weighted by molar-refractivity contribution is 0.102. The molecule has 5 nitrogen and oxygen atoms in total. The van der Waals surface area contributed by atoms with Crippen LogP contribution in [0.15, 0.2) is 30.5 Å². The molecule has 0 bridgehead atoms. The van der Waals surface area contributed by atoms with E-state index in [1.54, 1.807) is 35.1 Å². The number of hydrogen-bond donors (Lipinski definition) is 1. The van der Waals surface area contributed by atoms with Gasteiger partial charge in [0, 0.05) is 18.8 Å². The summed E-state index contributed by atoms with van der Waals surface area (Å²) in [6, 6.07) is 8.62. The van der Waals surface area contributed by atoms with Crippen LogP contribution in [0.25, 0.3) is 0 Å². The predicted octanol–water partition coefficient (Wildman–Crippen LogP) is 2.11. The zero-order chi connectivity index (χ0) is 13.8. The number of aryl methyl sites for hydroxylation is 2. The average molecular weight is 254 g/mol. The monoisotopic (exact) mass is 254 g/mol. The van der Waals surface area contributed by atoms with Crippen molar-refractivity contribution in [3.05, 3.63) is 47.3 Å². The Kier molecular flexibility index (Phi) is 3.62. The second-order valence-electron chi connectivity index (χ2n) is 4.16. The van der Waals surface area contributed by atoms with Crippen LogP contribution in [0.4, 0.5) is 5.69 Å². The quantitative estimate of drug-likeness (QED) is 0.911. The highest BCUT2D eigenvalue weighted by Gasteiger charge is 2.11. The SMILES string of the molecule is CCc1nn(C)cc1NC(=O)c1cccc(C#N)c1. The first-order valence-electron chi connectivity index (χ1n) is 5.98. The number of benzene rings is 1. The number of carbonyl (C=O) groups is 1. The molecule has 5 heteroatoms. The van der Waals surface area contributed by atoms with Gasteiger partial charge in [-0.1, -0.05) is 13.0 Å². The van der Waals surface area contributed by atoms with Crippen molar-refractivity contribution in [3.8, 4) is 6.07 Å². The van der Waals surface area contributed by atoms with Gasteiger partial charge in [0.15, 0.2) is 0 Å². The van der Waals surface area contributed by atoms with Crippen LogP contribution in [-0.2, 0) is 13.5 Å². The molecule has 0 aliphatic heterocycles. The fourth-order valence-electron chi connectivity index (χ4n) is 1.82. The molecule has 96 valence electrons. The molecule has 0 radical (unpaired) electrons. The van der Waals surface area contributed by atoms with Gasteiger partial charge >= 0.3 is 0 Å². The number of anilines is 1. The number of aromatic nitrogens is 2. The summed E-state index contributed by atoms with van der Waals surface area (Å²) in [5, 5.41) is 15.9. The minimum atomic E-state index is -0.236. The summed E-state index contributed by atoms with van der Waals surface area (Å²) in [5.41, 5.74) is 2.48. The van der Waals surface area contributed by atoms with E-state index in [1.165, 1.54) is 0 Å². The summed E-state index contributed by atoms with van der Waals surface area (Å²) in [6.45, 7) is 1.98. The largest absolute Gasteiger partial charge is 0.319 e. The molecule has 2 aromatic rings. The van der Waals surface area contributed by atoms with Crippen molar-refractivity contribution in [3.63, 3.8) is 0 Å². The second kappa shape index (κ2) is 5.36. The van der Waals surface area contributed by atoms with E-state index in [4.69, 9.17) is 5.26 Å². The van der Waals surface area contributed by atoms with Crippen molar-refractivity contribution >= 4 is 11.6 Å². The molecule has 0 atom stereocenters. The molecule has 0 saturated heterocycles. The van der Waals surface area contributed by atoms with Crippen LogP contribution >= 0.6 is 0 Å². The maximum Gasteiger partial charge on any atom is 0.255 e. The third-order valence-electron chi connectivity index (χ3n) is 2.74. The van der Waals surface area contributed by atoms with Crippen molar-refractivity contribution in [2.24, 2.45) is 7.05 Å². The van der Waals surface area contributed by atoms with Crippen LogP contribution in [0.5, 0.6) is 0 Å². The lowest BCUT2D eigenvalue weighted by Crippen LogP contribution is -2.12. The van der Waals surface area contributed by atoms with Gasteiger partial charge in [0.2, 0.25) is 0 Å². The first-order valence-corrected chi connectivity index (χ1v) is 5.98. The Morgan fingerprint density at radius 3 is 3.00 bits per heavy atom. The smallest absolute Gasteiger partial charge is 0.255 e. The molecule has 0 aliphatic carbocycles. The predicted molar refractivity (Wildman–Crippen MR) is 71.7 cm³/mol. The van der Waals surface area contributed by atoms with Gasteiger partial charge < -0.3 is 5.32 Å². The van der Waals surface area contributed by atoms with E-state index in [2.05, 4.69) is 10.4 Å². The molecule has 1 aromatic carbocycles. The third-order valence-corrected chi connectivity index (χ3v) is 2.74. The van der Waals surface area contributed by atoms with Gasteiger partial charge in [-0.05, 0) is 24.6 Å². The Balaban J connectivity index is 2.23. The molecular weight excluding hydrogens is 240 g/mol. The Morgan fingerprint density at radius 1 is 1.53 bits per heavy atom. The van der Waals surface area contributed by atoms with Gasteiger partial charge in [-0.25, -0.2) is 0 Å². The molecule has 2 rings (SSSR count). The van der Waals surface area contributed by atoms with E-state index in [1.807, 2.05) is 20.0 Å². The van der Waals surface area contributed by atoms with Crippen LogP contribution in [0, 0.1) is 11.3 Å². The van der Waals surface area contributed by atoms with E-state index in [9.17, 15) is 4.79 Å². The Morgan fingerprint density at radius 2 is 2.32 bits per heavy atom. The standard InChI is InChI=1S/C14H14N4O/c1-3-12-13(9-18(2)17-12)16-14(19)11-6-4-5-10(7-11)8-15/h4-7,9H,3H2,1-2H3,(H,16,19). The number of nitrogens with zero attached hydrogens (tertiary/aromatic N) is 3. The topological polar surface area (TPSA) is 70.7 Å². The molecule has 0 spiro atoms. The van der Waals surface area contributed by atoms with Crippen LogP contribution in [0.2, 0.25) is 0 Å². The van der Waals surface area contributed by atoms with Crippen molar-refractivity contribution in [1.29, 1.82) is 5.26 Å². The maximum atomic E-state index is 12.1. The Bertz CT molecular complexity index is 652. The van der Waals surface area contributed by atoms with E-state index < -0.39 is 0 Å². The molecule has 0 saturated carbocycles. The molecule has 0 fully saturated rings. The molecule has 1 aromatic heterocycles. The number of amides is 1. The zero-order valence-electron chi connectivity index (χ0n) is 10.8. The van der Waals surface area contributed by atoms with Crippen molar-refractivity contribution in [2.45, 2.75) is 13.3 Å². The maximum absolute atomic E-state index is 12.1. The molecule has 1 heterocycles. The molecule has 0 aliphatic rings. The molecule has 1 amide bonds. The highest BCUT2D eigenvalue weighted by molar-refractivity contribution is 6.04. The number of rotatable bonds is 3. The van der Waals surface area contributed by atoms with Crippen molar-refractivity contribution < 1.29 is 4.79 Å². The minimum absolute atomic E-state index is 0.236. The summed E-state index contributed by atoms with van der Waals surface area (Å²) in [4.78, 5) is 12.1. The van der Waals surface area contributed by atoms with Crippen LogP contribution in [-0.4, -0.2) is 15.7 Å². The first-order chi connectivity index (χ1) is 9.13. The highest BCUT2D eigenvalue weighted by Crippen LogP contribution is 2.15. The van der Waals surface area contributed by atoms with Gasteiger partial charge in [0.05, 0.1) is 23.0 Å². The van der Waals surface area contributed by atoms with Crippen LogP contribution in [0.1, 0.15) is 28.5 Å². The van der Waals surface area contributed by atoms with Crippen molar-refractivity contribution in [1.82, 2.24) is 9.78 Å². The second-order valence-corrected chi connectivity index (χ2v) is 4.16. The molecular formula is C14H14N4O. The number of carbonyl (C=O) groups excluding carboxylic acids is 1. The molecule has 0 unspecified atom stereocenters. The fraction of sp³-hybridized carbons (Fsp3) is 0.214. The first kappa shape index (κ1) is 12.8. The minimum Gasteiger partial charge on any atom is -0.319 e. The van der Waals surface area contributed by atoms with Gasteiger partial charge in [0.25, 0.3) is 5.91 Å². The lowest BCUT2D eigenvalue weighted by Gasteiger charge is -2.04. The van der Waals surface area contributed by atoms with E-state index >= 15 is 0 Å². The van der Waals surface area contributed by atoms with Crippen molar-refractivity contribution in [2.75, 3.05) is 5.32 Å². The fourth-order valence-corrected chi connectivity index (χ4v) is 1.82. The summed E-state index contributed by atoms with van der Waals surface area (Å²) < 4.78 is 1.67. The summed E-state index contributed by atoms with van der Waals surface area (Å²) in [5.74, 6) is -0.236. The summed E-state index contributed by atoms with van der Waals surface area (Å²) >= 11 is 0. The molecule has 1 N–H and O–H groups in total. The van der Waals surface area contributed by atoms with Gasteiger partial charge in [-0.15, -0.1) is 0 Å². The summed E-state index contributed by atoms with van der Waals surface area (Å²) in [6.07, 6.45) is 2.51. The van der Waals surface area contributed by atoms with Gasteiger partial charge in [-0.2, -0.15) is 10.4 Å². The number of nitriles is 1. The Labute approximate surface area is 111 Å². The molecule has 19 heavy (non-hydrogen) atoms. The number of nitrogens with one attached hydrogen (secondary N) is 1. The van der Waals surface area contributed by atoms with Crippen LogP contribution < -0.4 is 5.32 Å². The lowest BCUT2D eigenvalue weighted by atomic mass is 10.1. The highest BCUT2D eigenvalue weighted by atomic mass is 16.1. The normalized spacial score (nSPS) is 9.95. The van der Waals surface area contributed by atoms with Gasteiger partial charge in [0.1, 0.15) is 0 Å².